The lowest BCUT2D eigenvalue weighted by molar-refractivity contribution is 0.304. The van der Waals surface area contributed by atoms with Crippen molar-refractivity contribution in [2.75, 3.05) is 5.75 Å². The van der Waals surface area contributed by atoms with E-state index in [9.17, 15) is 0 Å². The van der Waals surface area contributed by atoms with Crippen molar-refractivity contribution in [2.24, 2.45) is 0 Å². The molecule has 4 heteroatoms. The van der Waals surface area contributed by atoms with Crippen LogP contribution in [0.2, 0.25) is 0 Å². The van der Waals surface area contributed by atoms with Gasteiger partial charge in [-0.15, -0.1) is 11.3 Å². The maximum absolute atomic E-state index is 4.99. The Bertz CT molecular complexity index is 420. The largest absolute Gasteiger partial charge is 0.302 e. The second-order valence-corrected chi connectivity index (χ2v) is 8.31. The van der Waals surface area contributed by atoms with Crippen LogP contribution in [0.3, 0.4) is 0 Å². The van der Waals surface area contributed by atoms with Gasteiger partial charge >= 0.3 is 0 Å². The topological polar surface area (TPSA) is 24.9 Å². The van der Waals surface area contributed by atoms with Gasteiger partial charge < -0.3 is 5.32 Å². The van der Waals surface area contributed by atoms with Crippen LogP contribution in [0.4, 0.5) is 0 Å². The molecule has 0 amide bonds. The molecule has 1 aromatic rings. The summed E-state index contributed by atoms with van der Waals surface area (Å²) >= 11 is 4.06. The average Bonchev–Trinajstić information content (AvgIpc) is 2.92. The lowest BCUT2D eigenvalue weighted by Crippen LogP contribution is -2.49. The Morgan fingerprint density at radius 1 is 1.39 bits per heavy atom. The fraction of sp³-hybridized carbons (Fsp3) is 0.786. The lowest BCUT2D eigenvalue weighted by atomic mass is 9.92. The molecule has 1 aliphatic carbocycles. The number of aryl methyl sites for hydroxylation is 2. The van der Waals surface area contributed by atoms with Gasteiger partial charge in [-0.05, 0) is 45.3 Å². The molecule has 0 saturated carbocycles. The van der Waals surface area contributed by atoms with Crippen LogP contribution in [0.1, 0.15) is 49.2 Å². The number of rotatable bonds is 3. The Balaban J connectivity index is 1.97. The third-order valence-electron chi connectivity index (χ3n) is 4.08. The molecule has 0 spiro atoms. The first kappa shape index (κ1) is 12.9. The molecule has 1 saturated heterocycles. The zero-order valence-electron chi connectivity index (χ0n) is 11.5. The summed E-state index contributed by atoms with van der Waals surface area (Å²) in [6.07, 6.45) is 4.99. The highest BCUT2D eigenvalue weighted by atomic mass is 32.2. The fourth-order valence-electron chi connectivity index (χ4n) is 3.17. The van der Waals surface area contributed by atoms with E-state index >= 15 is 0 Å². The molecule has 3 rings (SSSR count). The predicted molar refractivity (Wildman–Crippen MR) is 80.6 cm³/mol. The minimum absolute atomic E-state index is 0.133. The average molecular weight is 282 g/mol. The van der Waals surface area contributed by atoms with Crippen LogP contribution in [-0.4, -0.2) is 22.0 Å². The minimum atomic E-state index is 0.133. The SMILES string of the molecule is CC(C)NC1(c2nc3c(s2)CCC3)CCSC1C. The molecule has 2 heterocycles. The Morgan fingerprint density at radius 2 is 2.22 bits per heavy atom. The monoisotopic (exact) mass is 282 g/mol. The second-order valence-electron chi connectivity index (χ2n) is 5.78. The van der Waals surface area contributed by atoms with Crippen LogP contribution >= 0.6 is 23.1 Å². The first-order valence-electron chi connectivity index (χ1n) is 7.00. The van der Waals surface area contributed by atoms with Crippen LogP contribution in [-0.2, 0) is 18.4 Å². The number of hydrogen-bond donors (Lipinski definition) is 1. The molecule has 100 valence electrons. The van der Waals surface area contributed by atoms with Crippen LogP contribution in [0.5, 0.6) is 0 Å². The Kier molecular flexibility index (Phi) is 3.45. The number of nitrogens with one attached hydrogen (secondary N) is 1. The van der Waals surface area contributed by atoms with Crippen molar-refractivity contribution in [1.29, 1.82) is 0 Å². The Morgan fingerprint density at radius 3 is 2.83 bits per heavy atom. The molecule has 1 fully saturated rings. The molecule has 1 aromatic heterocycles. The molecule has 2 aliphatic rings. The van der Waals surface area contributed by atoms with Gasteiger partial charge in [0.1, 0.15) is 5.01 Å². The van der Waals surface area contributed by atoms with E-state index in [1.165, 1.54) is 42.1 Å². The molecule has 2 nitrogen and oxygen atoms in total. The number of thiazole rings is 1. The number of fused-ring (bicyclic) bond motifs is 1. The van der Waals surface area contributed by atoms with Gasteiger partial charge in [0, 0.05) is 16.2 Å². The summed E-state index contributed by atoms with van der Waals surface area (Å²) in [6.45, 7) is 6.86. The zero-order chi connectivity index (χ0) is 12.8. The van der Waals surface area contributed by atoms with Gasteiger partial charge in [0.25, 0.3) is 0 Å². The smallest absolute Gasteiger partial charge is 0.114 e. The summed E-state index contributed by atoms with van der Waals surface area (Å²) in [7, 11) is 0. The number of hydrogen-bond acceptors (Lipinski definition) is 4. The van der Waals surface area contributed by atoms with Crippen molar-refractivity contribution in [1.82, 2.24) is 10.3 Å². The molecular weight excluding hydrogens is 260 g/mol. The lowest BCUT2D eigenvalue weighted by Gasteiger charge is -2.34. The van der Waals surface area contributed by atoms with Gasteiger partial charge in [-0.25, -0.2) is 4.98 Å². The maximum Gasteiger partial charge on any atom is 0.114 e. The van der Waals surface area contributed by atoms with E-state index in [1.54, 1.807) is 4.88 Å². The van der Waals surface area contributed by atoms with E-state index in [1.807, 2.05) is 11.3 Å². The molecule has 2 atom stereocenters. The number of thioether (sulfide) groups is 1. The van der Waals surface area contributed by atoms with Crippen LogP contribution < -0.4 is 5.32 Å². The Labute approximate surface area is 118 Å². The van der Waals surface area contributed by atoms with Gasteiger partial charge in [-0.3, -0.25) is 0 Å². The van der Waals surface area contributed by atoms with E-state index in [-0.39, 0.29) is 5.54 Å². The molecule has 1 aliphatic heterocycles. The second kappa shape index (κ2) is 4.80. The molecule has 2 unspecified atom stereocenters. The fourth-order valence-corrected chi connectivity index (χ4v) is 6.04. The molecule has 18 heavy (non-hydrogen) atoms. The van der Waals surface area contributed by atoms with E-state index in [4.69, 9.17) is 4.98 Å². The molecule has 0 radical (unpaired) electrons. The number of nitrogens with zero attached hydrogens (tertiary/aromatic N) is 1. The minimum Gasteiger partial charge on any atom is -0.302 e. The summed E-state index contributed by atoms with van der Waals surface area (Å²) in [5, 5.41) is 5.83. The third-order valence-corrected chi connectivity index (χ3v) is 6.76. The third kappa shape index (κ3) is 2.02. The Hall–Kier alpha value is -0.0600. The quantitative estimate of drug-likeness (QED) is 0.920. The standard InChI is InChI=1S/C14H22N2S2/c1-9(2)16-14(7-8-17-10(14)3)13-15-11-5-4-6-12(11)18-13/h9-10,16H,4-8H2,1-3H3. The van der Waals surface area contributed by atoms with Gasteiger partial charge in [-0.1, -0.05) is 6.92 Å². The van der Waals surface area contributed by atoms with Crippen molar-refractivity contribution in [3.63, 3.8) is 0 Å². The van der Waals surface area contributed by atoms with E-state index in [2.05, 4.69) is 37.8 Å². The van der Waals surface area contributed by atoms with Crippen molar-refractivity contribution in [3.8, 4) is 0 Å². The number of aromatic nitrogens is 1. The van der Waals surface area contributed by atoms with Gasteiger partial charge in [0.15, 0.2) is 0 Å². The molecular formula is C14H22N2S2. The zero-order valence-corrected chi connectivity index (χ0v) is 13.1. The van der Waals surface area contributed by atoms with Crippen molar-refractivity contribution in [2.45, 2.75) is 63.3 Å². The molecule has 0 bridgehead atoms. The summed E-state index contributed by atoms with van der Waals surface area (Å²) in [5.74, 6) is 1.26. The van der Waals surface area contributed by atoms with Crippen LogP contribution in [0.15, 0.2) is 0 Å². The summed E-state index contributed by atoms with van der Waals surface area (Å²) in [4.78, 5) is 6.55. The predicted octanol–water partition coefficient (Wildman–Crippen LogP) is 3.35. The maximum atomic E-state index is 4.99. The first-order valence-corrected chi connectivity index (χ1v) is 8.87. The normalized spacial score (nSPS) is 31.2. The first-order chi connectivity index (χ1) is 8.62. The van der Waals surface area contributed by atoms with Crippen molar-refractivity contribution < 1.29 is 0 Å². The van der Waals surface area contributed by atoms with Gasteiger partial charge in [-0.2, -0.15) is 11.8 Å². The highest BCUT2D eigenvalue weighted by Crippen LogP contribution is 2.46. The van der Waals surface area contributed by atoms with Crippen molar-refractivity contribution >= 4 is 23.1 Å². The highest BCUT2D eigenvalue weighted by Gasteiger charge is 2.45. The summed E-state index contributed by atoms with van der Waals surface area (Å²) < 4.78 is 0. The molecule has 1 N–H and O–H groups in total. The van der Waals surface area contributed by atoms with Gasteiger partial charge in [0.05, 0.1) is 11.2 Å². The highest BCUT2D eigenvalue weighted by molar-refractivity contribution is 8.00. The van der Waals surface area contributed by atoms with Crippen LogP contribution in [0.25, 0.3) is 0 Å². The van der Waals surface area contributed by atoms with E-state index in [0.717, 1.165) is 0 Å². The van der Waals surface area contributed by atoms with Crippen LogP contribution in [0, 0.1) is 0 Å². The molecule has 0 aromatic carbocycles. The van der Waals surface area contributed by atoms with E-state index < -0.39 is 0 Å². The van der Waals surface area contributed by atoms with Gasteiger partial charge in [0.2, 0.25) is 0 Å². The summed E-state index contributed by atoms with van der Waals surface area (Å²) in [5.41, 5.74) is 1.53. The van der Waals surface area contributed by atoms with Crippen molar-refractivity contribution in [3.05, 3.63) is 15.6 Å². The summed E-state index contributed by atoms with van der Waals surface area (Å²) in [6, 6.07) is 0.518. The van der Waals surface area contributed by atoms with E-state index in [0.29, 0.717) is 11.3 Å².